The monoisotopic (exact) mass is 653 g/mol. The minimum atomic E-state index is -0.576. The van der Waals surface area contributed by atoms with Crippen molar-refractivity contribution < 1.29 is 29.0 Å². The molecule has 0 aromatic heterocycles. The van der Waals surface area contributed by atoms with Crippen molar-refractivity contribution in [3.8, 4) is 11.5 Å². The molecule has 1 saturated carbocycles. The molecule has 3 N–H and O–H groups in total. The molecule has 2 unspecified atom stereocenters. The van der Waals surface area contributed by atoms with Crippen LogP contribution in [0.4, 0.5) is 4.79 Å². The molecule has 1 aliphatic heterocycles. The standard InChI is InChI=1S/C36H51N3O6S/c1-36(2,3)45-35(43)39-20-18-27(19-21-39)33(41)38-30(23-37-34(42)29-12-8-9-13-31(29)40)32(46-24-26-10-6-5-7-11-26)22-25-14-16-28(44-4)17-15-25/h8-9,12-17,26-27,30,32,40H,5-7,10-11,18-24H2,1-4H3,(H,37,42)(H,38,41). The molecule has 4 rings (SSSR count). The summed E-state index contributed by atoms with van der Waals surface area (Å²) in [5.74, 6) is 1.63. The lowest BCUT2D eigenvalue weighted by atomic mass is 9.91. The lowest BCUT2D eigenvalue weighted by Crippen LogP contribution is -2.53. The van der Waals surface area contributed by atoms with E-state index >= 15 is 0 Å². The number of phenolic OH excluding ortho intramolecular Hbond substituents is 1. The first-order valence-electron chi connectivity index (χ1n) is 16.6. The highest BCUT2D eigenvalue weighted by Crippen LogP contribution is 2.31. The summed E-state index contributed by atoms with van der Waals surface area (Å²) in [5.41, 5.74) is 0.746. The van der Waals surface area contributed by atoms with Gasteiger partial charge < -0.3 is 30.1 Å². The van der Waals surface area contributed by atoms with Crippen LogP contribution in [-0.4, -0.2) is 77.3 Å². The molecule has 0 spiro atoms. The zero-order valence-corrected chi connectivity index (χ0v) is 28.6. The van der Waals surface area contributed by atoms with E-state index in [0.29, 0.717) is 38.3 Å². The number of aromatic hydroxyl groups is 1. The Bertz CT molecular complexity index is 1280. The predicted molar refractivity (Wildman–Crippen MR) is 182 cm³/mol. The number of rotatable bonds is 12. The van der Waals surface area contributed by atoms with Crippen LogP contribution in [0.3, 0.4) is 0 Å². The molecule has 10 heteroatoms. The molecule has 2 aromatic carbocycles. The van der Waals surface area contributed by atoms with Gasteiger partial charge in [-0.3, -0.25) is 9.59 Å². The van der Waals surface area contributed by atoms with Crippen LogP contribution in [0.2, 0.25) is 0 Å². The number of piperidine rings is 1. The second-order valence-corrected chi connectivity index (χ2v) is 14.8. The molecule has 1 saturated heterocycles. The number of likely N-dealkylation sites (tertiary alicyclic amines) is 1. The first kappa shape index (κ1) is 35.5. The zero-order valence-electron chi connectivity index (χ0n) is 27.8. The van der Waals surface area contributed by atoms with E-state index in [1.165, 1.54) is 38.2 Å². The Morgan fingerprint density at radius 1 is 0.978 bits per heavy atom. The summed E-state index contributed by atoms with van der Waals surface area (Å²) in [7, 11) is 1.65. The molecule has 252 valence electrons. The third-order valence-corrected chi connectivity index (χ3v) is 10.4. The molecular weight excluding hydrogens is 602 g/mol. The summed E-state index contributed by atoms with van der Waals surface area (Å²) < 4.78 is 10.9. The number of hydrogen-bond donors (Lipinski definition) is 3. The maximum absolute atomic E-state index is 13.8. The molecular formula is C36H51N3O6S. The van der Waals surface area contributed by atoms with Gasteiger partial charge in [0.1, 0.15) is 17.1 Å². The normalized spacial score (nSPS) is 17.5. The smallest absolute Gasteiger partial charge is 0.410 e. The number of amides is 3. The highest BCUT2D eigenvalue weighted by atomic mass is 32.2. The summed E-state index contributed by atoms with van der Waals surface area (Å²) in [6.45, 7) is 6.66. The topological polar surface area (TPSA) is 117 Å². The van der Waals surface area contributed by atoms with Gasteiger partial charge in [0, 0.05) is 30.8 Å². The Hall–Kier alpha value is -3.40. The summed E-state index contributed by atoms with van der Waals surface area (Å²) in [4.78, 5) is 41.2. The van der Waals surface area contributed by atoms with E-state index in [0.717, 1.165) is 17.1 Å². The fourth-order valence-corrected chi connectivity index (χ4v) is 7.67. The van der Waals surface area contributed by atoms with Gasteiger partial charge in [-0.15, -0.1) is 0 Å². The van der Waals surface area contributed by atoms with Crippen LogP contribution >= 0.6 is 11.8 Å². The average Bonchev–Trinajstić information content (AvgIpc) is 3.05. The van der Waals surface area contributed by atoms with Crippen LogP contribution < -0.4 is 15.4 Å². The van der Waals surface area contributed by atoms with Crippen molar-refractivity contribution >= 4 is 29.7 Å². The molecule has 0 radical (unpaired) electrons. The third kappa shape index (κ3) is 10.9. The number of ether oxygens (including phenoxy) is 2. The number of carbonyl (C=O) groups is 3. The maximum atomic E-state index is 13.8. The molecule has 2 fully saturated rings. The zero-order chi connectivity index (χ0) is 33.1. The van der Waals surface area contributed by atoms with E-state index in [1.807, 2.05) is 44.7 Å². The predicted octanol–water partition coefficient (Wildman–Crippen LogP) is 6.19. The summed E-state index contributed by atoms with van der Waals surface area (Å²) in [6, 6.07) is 14.1. The van der Waals surface area contributed by atoms with Gasteiger partial charge >= 0.3 is 6.09 Å². The van der Waals surface area contributed by atoms with Crippen LogP contribution in [0, 0.1) is 11.8 Å². The molecule has 0 bridgehead atoms. The summed E-state index contributed by atoms with van der Waals surface area (Å²) in [6.07, 6.45) is 7.69. The molecule has 2 atom stereocenters. The van der Waals surface area contributed by atoms with Gasteiger partial charge in [-0.05, 0) is 94.4 Å². The summed E-state index contributed by atoms with van der Waals surface area (Å²) in [5, 5.41) is 16.6. The Labute approximate surface area is 278 Å². The number of phenols is 1. The quantitative estimate of drug-likeness (QED) is 0.250. The molecule has 9 nitrogen and oxygen atoms in total. The fraction of sp³-hybridized carbons (Fsp3) is 0.583. The van der Waals surface area contributed by atoms with Crippen LogP contribution in [0.15, 0.2) is 48.5 Å². The van der Waals surface area contributed by atoms with E-state index < -0.39 is 5.60 Å². The largest absolute Gasteiger partial charge is 0.507 e. The molecule has 1 aliphatic carbocycles. The molecule has 2 aromatic rings. The van der Waals surface area contributed by atoms with Crippen molar-refractivity contribution in [2.24, 2.45) is 11.8 Å². The van der Waals surface area contributed by atoms with E-state index in [4.69, 9.17) is 9.47 Å². The Morgan fingerprint density at radius 2 is 1.65 bits per heavy atom. The molecule has 1 heterocycles. The van der Waals surface area contributed by atoms with Crippen molar-refractivity contribution in [3.63, 3.8) is 0 Å². The van der Waals surface area contributed by atoms with Crippen LogP contribution in [0.5, 0.6) is 11.5 Å². The van der Waals surface area contributed by atoms with Gasteiger partial charge in [0.05, 0.1) is 18.7 Å². The molecule has 3 amide bonds. The number of carbonyl (C=O) groups excluding carboxylic acids is 3. The van der Waals surface area contributed by atoms with Crippen molar-refractivity contribution in [2.45, 2.75) is 89.0 Å². The third-order valence-electron chi connectivity index (χ3n) is 8.79. The number of methoxy groups -OCH3 is 1. The number of nitrogens with one attached hydrogen (secondary N) is 2. The van der Waals surface area contributed by atoms with E-state index in [9.17, 15) is 19.5 Å². The van der Waals surface area contributed by atoms with Crippen LogP contribution in [-0.2, 0) is 16.0 Å². The van der Waals surface area contributed by atoms with Gasteiger partial charge in [-0.2, -0.15) is 11.8 Å². The summed E-state index contributed by atoms with van der Waals surface area (Å²) >= 11 is 1.87. The van der Waals surface area contributed by atoms with Crippen molar-refractivity contribution in [1.82, 2.24) is 15.5 Å². The lowest BCUT2D eigenvalue weighted by molar-refractivity contribution is -0.127. The Morgan fingerprint density at radius 3 is 2.28 bits per heavy atom. The first-order valence-corrected chi connectivity index (χ1v) is 17.7. The van der Waals surface area contributed by atoms with Crippen LogP contribution in [0.25, 0.3) is 0 Å². The van der Waals surface area contributed by atoms with Gasteiger partial charge in [-0.25, -0.2) is 4.79 Å². The lowest BCUT2D eigenvalue weighted by Gasteiger charge is -2.35. The number of hydrogen-bond acceptors (Lipinski definition) is 7. The SMILES string of the molecule is COc1ccc(CC(SCC2CCCCC2)C(CNC(=O)c2ccccc2O)NC(=O)C2CCN(C(=O)OC(C)(C)C)CC2)cc1. The van der Waals surface area contributed by atoms with Gasteiger partial charge in [-0.1, -0.05) is 43.5 Å². The van der Waals surface area contributed by atoms with Gasteiger partial charge in [0.2, 0.25) is 5.91 Å². The minimum absolute atomic E-state index is 0.00852. The van der Waals surface area contributed by atoms with E-state index in [1.54, 1.807) is 30.2 Å². The van der Waals surface area contributed by atoms with E-state index in [2.05, 4.69) is 22.8 Å². The number of para-hydroxylation sites is 1. The van der Waals surface area contributed by atoms with Crippen molar-refractivity contribution in [3.05, 3.63) is 59.7 Å². The molecule has 46 heavy (non-hydrogen) atoms. The molecule has 2 aliphatic rings. The number of benzene rings is 2. The van der Waals surface area contributed by atoms with Crippen molar-refractivity contribution in [2.75, 3.05) is 32.5 Å². The highest BCUT2D eigenvalue weighted by Gasteiger charge is 2.33. The highest BCUT2D eigenvalue weighted by molar-refractivity contribution is 7.99. The Kier molecular flexibility index (Phi) is 13.1. The van der Waals surface area contributed by atoms with Gasteiger partial charge in [0.15, 0.2) is 0 Å². The Balaban J connectivity index is 1.50. The fourth-order valence-electron chi connectivity index (χ4n) is 6.12. The second-order valence-electron chi connectivity index (χ2n) is 13.5. The average molecular weight is 654 g/mol. The number of nitrogens with zero attached hydrogens (tertiary/aromatic N) is 1. The maximum Gasteiger partial charge on any atom is 0.410 e. The second kappa shape index (κ2) is 17.0. The minimum Gasteiger partial charge on any atom is -0.507 e. The van der Waals surface area contributed by atoms with Gasteiger partial charge in [0.25, 0.3) is 5.91 Å². The first-order chi connectivity index (χ1) is 22.0. The number of thioether (sulfide) groups is 1. The van der Waals surface area contributed by atoms with E-state index in [-0.39, 0.29) is 53.0 Å². The van der Waals surface area contributed by atoms with Crippen LogP contribution in [0.1, 0.15) is 81.6 Å². The van der Waals surface area contributed by atoms with Crippen molar-refractivity contribution in [1.29, 1.82) is 0 Å².